The van der Waals surface area contributed by atoms with Crippen molar-refractivity contribution in [2.45, 2.75) is 13.8 Å². The zero-order valence-corrected chi connectivity index (χ0v) is 15.1. The highest BCUT2D eigenvalue weighted by atomic mass is 35.5. The molecule has 4 rings (SSSR count). The average Bonchev–Trinajstić information content (AvgIpc) is 2.98. The van der Waals surface area contributed by atoms with Crippen molar-refractivity contribution in [2.75, 3.05) is 18.0 Å². The van der Waals surface area contributed by atoms with Crippen molar-refractivity contribution >= 4 is 38.5 Å². The average molecular weight is 340 g/mol. The molecule has 0 fully saturated rings. The Labute approximate surface area is 148 Å². The van der Waals surface area contributed by atoms with Gasteiger partial charge in [0.1, 0.15) is 12.6 Å². The van der Waals surface area contributed by atoms with Crippen LogP contribution in [0.3, 0.4) is 0 Å². The number of hydrogen-bond acceptors (Lipinski definition) is 1. The molecular weight excluding hydrogens is 318 g/mol. The van der Waals surface area contributed by atoms with Crippen LogP contribution in [-0.2, 0) is 7.05 Å². The Morgan fingerprint density at radius 3 is 2.25 bits per heavy atom. The lowest BCUT2D eigenvalue weighted by molar-refractivity contribution is -0.616. The van der Waals surface area contributed by atoms with E-state index in [9.17, 15) is 0 Å². The molecule has 124 valence electrons. The minimum absolute atomic E-state index is 0. The fourth-order valence-electron chi connectivity index (χ4n) is 3.74. The Balaban J connectivity index is 0.00000169. The van der Waals surface area contributed by atoms with Crippen molar-refractivity contribution in [3.8, 4) is 0 Å². The van der Waals surface area contributed by atoms with Crippen LogP contribution < -0.4 is 21.9 Å². The molecule has 0 amide bonds. The van der Waals surface area contributed by atoms with Crippen LogP contribution in [0.1, 0.15) is 13.8 Å². The summed E-state index contributed by atoms with van der Waals surface area (Å²) in [6.07, 6.45) is 0. The molecule has 2 aromatic heterocycles. The number of aromatic nitrogens is 2. The smallest absolute Gasteiger partial charge is 0.240 e. The zero-order valence-electron chi connectivity index (χ0n) is 14.3. The van der Waals surface area contributed by atoms with E-state index in [4.69, 9.17) is 0 Å². The highest BCUT2D eigenvalue weighted by molar-refractivity contribution is 6.13. The largest absolute Gasteiger partial charge is 1.00 e. The summed E-state index contributed by atoms with van der Waals surface area (Å²) in [5.74, 6) is 0. The number of H-pyrrole nitrogens is 1. The third-order valence-corrected chi connectivity index (χ3v) is 4.85. The van der Waals surface area contributed by atoms with Gasteiger partial charge in [0, 0.05) is 19.2 Å². The molecule has 0 aliphatic carbocycles. The third-order valence-electron chi connectivity index (χ3n) is 4.85. The van der Waals surface area contributed by atoms with E-state index in [0.29, 0.717) is 0 Å². The molecule has 2 aromatic carbocycles. The first-order valence-corrected chi connectivity index (χ1v) is 8.32. The van der Waals surface area contributed by atoms with E-state index in [1.165, 1.54) is 38.5 Å². The van der Waals surface area contributed by atoms with Gasteiger partial charge in [-0.1, -0.05) is 24.3 Å². The van der Waals surface area contributed by atoms with Gasteiger partial charge in [-0.25, -0.2) is 0 Å². The van der Waals surface area contributed by atoms with Gasteiger partial charge in [-0.2, -0.15) is 4.57 Å². The maximum Gasteiger partial charge on any atom is 0.240 e. The van der Waals surface area contributed by atoms with Gasteiger partial charge in [-0.3, -0.25) is 0 Å². The summed E-state index contributed by atoms with van der Waals surface area (Å²) >= 11 is 0. The molecule has 0 spiro atoms. The number of benzene rings is 2. The predicted molar refractivity (Wildman–Crippen MR) is 98.0 cm³/mol. The molecule has 0 aliphatic rings. The number of halogens is 1. The van der Waals surface area contributed by atoms with E-state index in [0.717, 1.165) is 13.1 Å². The van der Waals surface area contributed by atoms with E-state index < -0.39 is 0 Å². The molecule has 0 saturated heterocycles. The Morgan fingerprint density at radius 2 is 1.54 bits per heavy atom. The molecular formula is C20H22ClN3. The first-order valence-electron chi connectivity index (χ1n) is 8.32. The van der Waals surface area contributed by atoms with Crippen LogP contribution in [0.5, 0.6) is 0 Å². The van der Waals surface area contributed by atoms with E-state index in [1.807, 2.05) is 0 Å². The third kappa shape index (κ3) is 2.23. The van der Waals surface area contributed by atoms with E-state index in [1.54, 1.807) is 0 Å². The summed E-state index contributed by atoms with van der Waals surface area (Å²) in [5, 5.41) is 2.59. The maximum absolute atomic E-state index is 3.67. The Hall–Kier alpha value is -2.26. The minimum Gasteiger partial charge on any atom is -1.00 e. The molecule has 1 N–H and O–H groups in total. The van der Waals surface area contributed by atoms with Crippen LogP contribution in [0.25, 0.3) is 32.8 Å². The van der Waals surface area contributed by atoms with Gasteiger partial charge in [0.15, 0.2) is 0 Å². The first kappa shape index (κ1) is 16.6. The fraction of sp³-hybridized carbons (Fsp3) is 0.250. The van der Waals surface area contributed by atoms with Crippen molar-refractivity contribution in [3.63, 3.8) is 0 Å². The van der Waals surface area contributed by atoms with Crippen LogP contribution in [0.4, 0.5) is 5.69 Å². The summed E-state index contributed by atoms with van der Waals surface area (Å²) in [6.45, 7) is 6.44. The molecule has 24 heavy (non-hydrogen) atoms. The van der Waals surface area contributed by atoms with Gasteiger partial charge in [0.05, 0.1) is 22.0 Å². The number of pyridine rings is 1. The van der Waals surface area contributed by atoms with Crippen LogP contribution in [0.15, 0.2) is 48.5 Å². The van der Waals surface area contributed by atoms with E-state index in [-0.39, 0.29) is 12.4 Å². The van der Waals surface area contributed by atoms with Crippen LogP contribution >= 0.6 is 0 Å². The second-order valence-corrected chi connectivity index (χ2v) is 5.99. The molecule has 0 atom stereocenters. The first-order chi connectivity index (χ1) is 11.3. The molecule has 0 unspecified atom stereocenters. The second kappa shape index (κ2) is 6.33. The number of aromatic amines is 1. The monoisotopic (exact) mass is 339 g/mol. The van der Waals surface area contributed by atoms with Crippen molar-refractivity contribution in [3.05, 3.63) is 48.5 Å². The Kier molecular flexibility index (Phi) is 4.37. The topological polar surface area (TPSA) is 22.9 Å². The summed E-state index contributed by atoms with van der Waals surface area (Å²) < 4.78 is 2.32. The molecule has 4 heteroatoms. The van der Waals surface area contributed by atoms with E-state index in [2.05, 4.69) is 83.9 Å². The van der Waals surface area contributed by atoms with Crippen molar-refractivity contribution in [1.29, 1.82) is 0 Å². The van der Waals surface area contributed by atoms with Crippen LogP contribution in [0, 0.1) is 0 Å². The number of anilines is 1. The number of rotatable bonds is 3. The van der Waals surface area contributed by atoms with Crippen LogP contribution in [-0.4, -0.2) is 18.1 Å². The number of fused-ring (bicyclic) bond motifs is 4. The SMILES string of the molecule is CCN(CC)c1c2ccccc2[n+](C)c2c1[nH]c1ccccc12.[Cl-]. The standard InChI is InChI=1S/C20H21N3.ClH/c1-4-23(5-2)20-15-11-7-9-13-17(15)22(3)19-14-10-6-8-12-16(14)21-18(19)20;/h6-13H,4-5H2,1-3H3;1H. The van der Waals surface area contributed by atoms with Gasteiger partial charge in [0.25, 0.3) is 0 Å². The quantitative estimate of drug-likeness (QED) is 0.556. The molecule has 3 nitrogen and oxygen atoms in total. The van der Waals surface area contributed by atoms with Gasteiger partial charge < -0.3 is 22.3 Å². The van der Waals surface area contributed by atoms with E-state index >= 15 is 0 Å². The molecule has 4 aromatic rings. The van der Waals surface area contributed by atoms with Crippen molar-refractivity contribution < 1.29 is 17.0 Å². The van der Waals surface area contributed by atoms with Crippen molar-refractivity contribution in [2.24, 2.45) is 7.05 Å². The number of para-hydroxylation sites is 2. The molecule has 0 bridgehead atoms. The van der Waals surface area contributed by atoms with Gasteiger partial charge in [-0.05, 0) is 32.0 Å². The maximum atomic E-state index is 3.67. The van der Waals surface area contributed by atoms with Gasteiger partial charge in [-0.15, -0.1) is 0 Å². The normalized spacial score (nSPS) is 11.1. The molecule has 0 aliphatic heterocycles. The zero-order chi connectivity index (χ0) is 16.0. The van der Waals surface area contributed by atoms with Crippen molar-refractivity contribution in [1.82, 2.24) is 4.98 Å². The predicted octanol–water partition coefficient (Wildman–Crippen LogP) is 1.15. The highest BCUT2D eigenvalue weighted by Crippen LogP contribution is 2.35. The Morgan fingerprint density at radius 1 is 0.917 bits per heavy atom. The number of nitrogens with one attached hydrogen (secondary N) is 1. The lowest BCUT2D eigenvalue weighted by Crippen LogP contribution is -3.00. The summed E-state index contributed by atoms with van der Waals surface area (Å²) in [4.78, 5) is 6.11. The number of aryl methyl sites for hydroxylation is 1. The molecule has 0 radical (unpaired) electrons. The lowest BCUT2D eigenvalue weighted by atomic mass is 10.1. The Bertz CT molecular complexity index is 1020. The highest BCUT2D eigenvalue weighted by Gasteiger charge is 2.24. The van der Waals surface area contributed by atoms with Gasteiger partial charge >= 0.3 is 0 Å². The summed E-state index contributed by atoms with van der Waals surface area (Å²) in [6, 6.07) is 17.3. The number of hydrogen-bond donors (Lipinski definition) is 1. The second-order valence-electron chi connectivity index (χ2n) is 5.99. The summed E-state index contributed by atoms with van der Waals surface area (Å²) in [7, 11) is 2.16. The summed E-state index contributed by atoms with van der Waals surface area (Å²) in [5.41, 5.74) is 6.29. The molecule has 2 heterocycles. The van der Waals surface area contributed by atoms with Crippen LogP contribution in [0.2, 0.25) is 0 Å². The number of nitrogens with zero attached hydrogens (tertiary/aromatic N) is 2. The lowest BCUT2D eigenvalue weighted by Gasteiger charge is -2.22. The molecule has 0 saturated carbocycles. The minimum atomic E-state index is 0. The van der Waals surface area contributed by atoms with Gasteiger partial charge in [0.2, 0.25) is 11.0 Å². The fourth-order valence-corrected chi connectivity index (χ4v) is 3.74.